The van der Waals surface area contributed by atoms with Crippen LogP contribution in [0.3, 0.4) is 0 Å². The van der Waals surface area contributed by atoms with Crippen molar-refractivity contribution in [3.8, 4) is 5.75 Å². The van der Waals surface area contributed by atoms with Crippen molar-refractivity contribution in [1.82, 2.24) is 0 Å². The highest BCUT2D eigenvalue weighted by molar-refractivity contribution is 6.08. The Balaban J connectivity index is 1.64. The summed E-state index contributed by atoms with van der Waals surface area (Å²) in [5.74, 6) is 0.423. The predicted molar refractivity (Wildman–Crippen MR) is 132 cm³/mol. The second kappa shape index (κ2) is 9.49. The van der Waals surface area contributed by atoms with Gasteiger partial charge in [-0.25, -0.2) is 0 Å². The number of carbonyl (C=O) groups excluding carboxylic acids is 2. The van der Waals surface area contributed by atoms with Crippen molar-refractivity contribution in [1.29, 1.82) is 0 Å². The number of aryl methyl sites for hydroxylation is 2. The van der Waals surface area contributed by atoms with Gasteiger partial charge in [0.15, 0.2) is 0 Å². The molecule has 1 aliphatic rings. The molecule has 2 amide bonds. The molecule has 4 rings (SSSR count). The molecule has 0 spiro atoms. The van der Waals surface area contributed by atoms with Crippen molar-refractivity contribution < 1.29 is 14.3 Å². The summed E-state index contributed by atoms with van der Waals surface area (Å²) < 4.78 is 5.21. The van der Waals surface area contributed by atoms with E-state index < -0.39 is 0 Å². The zero-order chi connectivity index (χ0) is 23.5. The number of para-hydroxylation sites is 1. The first-order valence-electron chi connectivity index (χ1n) is 11.4. The van der Waals surface area contributed by atoms with Gasteiger partial charge in [0.2, 0.25) is 5.91 Å². The van der Waals surface area contributed by atoms with Gasteiger partial charge >= 0.3 is 0 Å². The Hall–Kier alpha value is -3.60. The minimum absolute atomic E-state index is 0.0718. The molecule has 3 aromatic rings. The van der Waals surface area contributed by atoms with Crippen LogP contribution in [0.4, 0.5) is 11.4 Å². The fraction of sp³-hybridized carbons (Fsp3) is 0.286. The fourth-order valence-corrected chi connectivity index (χ4v) is 4.47. The van der Waals surface area contributed by atoms with E-state index in [-0.39, 0.29) is 17.7 Å². The van der Waals surface area contributed by atoms with Gasteiger partial charge < -0.3 is 14.5 Å². The highest BCUT2D eigenvalue weighted by atomic mass is 16.5. The van der Waals surface area contributed by atoms with Crippen molar-refractivity contribution in [2.24, 2.45) is 0 Å². The number of likely N-dealkylation sites (N-methyl/N-ethyl adjacent to an activating group) is 1. The van der Waals surface area contributed by atoms with Gasteiger partial charge in [-0.2, -0.15) is 0 Å². The van der Waals surface area contributed by atoms with E-state index in [1.54, 1.807) is 36.3 Å². The van der Waals surface area contributed by atoms with Crippen LogP contribution in [0.1, 0.15) is 46.3 Å². The van der Waals surface area contributed by atoms with Gasteiger partial charge in [-0.3, -0.25) is 9.59 Å². The number of amides is 2. The lowest BCUT2D eigenvalue weighted by Crippen LogP contribution is -2.42. The summed E-state index contributed by atoms with van der Waals surface area (Å²) in [5, 5.41) is 0. The molecule has 3 aromatic carbocycles. The molecule has 0 aliphatic carbocycles. The smallest absolute Gasteiger partial charge is 0.258 e. The number of hydrogen-bond acceptors (Lipinski definition) is 3. The summed E-state index contributed by atoms with van der Waals surface area (Å²) >= 11 is 0. The molecule has 1 heterocycles. The third-order valence-corrected chi connectivity index (χ3v) is 6.51. The number of rotatable bonds is 5. The number of nitrogens with zero attached hydrogens (tertiary/aromatic N) is 2. The molecular formula is C28H30N2O3. The Kier molecular flexibility index (Phi) is 6.50. The first-order chi connectivity index (χ1) is 15.9. The average molecular weight is 443 g/mol. The summed E-state index contributed by atoms with van der Waals surface area (Å²) in [6.45, 7) is 7.22. The van der Waals surface area contributed by atoms with E-state index in [0.717, 1.165) is 16.9 Å². The SMILES string of the molecule is CCN(C(=O)[C@H]1CCN(C(=O)c2ccc(OC)cc2)c2ccccc21)c1ccc(C)c(C)c1. The highest BCUT2D eigenvalue weighted by Gasteiger charge is 2.35. The third kappa shape index (κ3) is 4.36. The number of ether oxygens (including phenoxy) is 1. The molecular weight excluding hydrogens is 412 g/mol. The van der Waals surface area contributed by atoms with Gasteiger partial charge in [0.25, 0.3) is 5.91 Å². The zero-order valence-electron chi connectivity index (χ0n) is 19.7. The normalized spacial score (nSPS) is 15.0. The maximum absolute atomic E-state index is 13.7. The average Bonchev–Trinajstić information content (AvgIpc) is 2.85. The molecule has 5 heteroatoms. The molecule has 0 radical (unpaired) electrons. The Bertz CT molecular complexity index is 1170. The third-order valence-electron chi connectivity index (χ3n) is 6.51. The first-order valence-corrected chi connectivity index (χ1v) is 11.4. The number of carbonyl (C=O) groups is 2. The number of anilines is 2. The molecule has 0 N–H and O–H groups in total. The number of hydrogen-bond donors (Lipinski definition) is 0. The Labute approximate surface area is 195 Å². The Morgan fingerprint density at radius 3 is 2.39 bits per heavy atom. The predicted octanol–water partition coefficient (Wildman–Crippen LogP) is 5.50. The number of methoxy groups -OCH3 is 1. The van der Waals surface area contributed by atoms with Gasteiger partial charge in [-0.15, -0.1) is 0 Å². The van der Waals surface area contributed by atoms with Crippen LogP contribution in [-0.4, -0.2) is 32.0 Å². The zero-order valence-corrected chi connectivity index (χ0v) is 19.7. The quantitative estimate of drug-likeness (QED) is 0.524. The van der Waals surface area contributed by atoms with E-state index in [9.17, 15) is 9.59 Å². The van der Waals surface area contributed by atoms with Crippen LogP contribution in [0.5, 0.6) is 5.75 Å². The van der Waals surface area contributed by atoms with Crippen LogP contribution < -0.4 is 14.5 Å². The van der Waals surface area contributed by atoms with Gasteiger partial charge in [0, 0.05) is 30.0 Å². The molecule has 0 bridgehead atoms. The molecule has 170 valence electrons. The standard InChI is InChI=1S/C28H30N2O3/c1-5-29(22-13-10-19(2)20(3)18-22)28(32)25-16-17-30(26-9-7-6-8-24(25)26)27(31)21-11-14-23(33-4)15-12-21/h6-15,18,25H,5,16-17H2,1-4H3/t25-/m0/s1. The molecule has 0 aromatic heterocycles. The van der Waals surface area contributed by atoms with Gasteiger partial charge in [0.1, 0.15) is 5.75 Å². The van der Waals surface area contributed by atoms with Crippen molar-refractivity contribution in [3.05, 3.63) is 89.0 Å². The lowest BCUT2D eigenvalue weighted by Gasteiger charge is -2.36. The van der Waals surface area contributed by atoms with Gasteiger partial charge in [-0.05, 0) is 86.3 Å². The van der Waals surface area contributed by atoms with E-state index in [4.69, 9.17) is 4.74 Å². The topological polar surface area (TPSA) is 49.9 Å². The molecule has 0 saturated heterocycles. The number of fused-ring (bicyclic) bond motifs is 1. The second-order valence-corrected chi connectivity index (χ2v) is 8.44. The maximum Gasteiger partial charge on any atom is 0.258 e. The minimum Gasteiger partial charge on any atom is -0.497 e. The molecule has 0 saturated carbocycles. The van der Waals surface area contributed by atoms with Gasteiger partial charge in [-0.1, -0.05) is 24.3 Å². The summed E-state index contributed by atoms with van der Waals surface area (Å²) in [6, 6.07) is 21.0. The van der Waals surface area contributed by atoms with E-state index >= 15 is 0 Å². The van der Waals surface area contributed by atoms with Crippen LogP contribution in [0.2, 0.25) is 0 Å². The van der Waals surface area contributed by atoms with Crippen LogP contribution >= 0.6 is 0 Å². The largest absolute Gasteiger partial charge is 0.497 e. The van der Waals surface area contributed by atoms with Crippen LogP contribution in [0, 0.1) is 13.8 Å². The Morgan fingerprint density at radius 2 is 1.73 bits per heavy atom. The van der Waals surface area contributed by atoms with Crippen molar-refractivity contribution in [2.45, 2.75) is 33.1 Å². The summed E-state index contributed by atoms with van der Waals surface area (Å²) in [4.78, 5) is 30.7. The van der Waals surface area contributed by atoms with Crippen LogP contribution in [0.15, 0.2) is 66.7 Å². The van der Waals surface area contributed by atoms with Crippen molar-refractivity contribution >= 4 is 23.2 Å². The lowest BCUT2D eigenvalue weighted by atomic mass is 9.88. The summed E-state index contributed by atoms with van der Waals surface area (Å²) in [6.07, 6.45) is 0.582. The van der Waals surface area contributed by atoms with E-state index in [1.807, 2.05) is 42.2 Å². The summed E-state index contributed by atoms with van der Waals surface area (Å²) in [7, 11) is 1.60. The number of benzene rings is 3. The molecule has 0 fully saturated rings. The lowest BCUT2D eigenvalue weighted by molar-refractivity contribution is -0.120. The molecule has 1 atom stereocenters. The fourth-order valence-electron chi connectivity index (χ4n) is 4.47. The Morgan fingerprint density at radius 1 is 1.00 bits per heavy atom. The second-order valence-electron chi connectivity index (χ2n) is 8.44. The van der Waals surface area contributed by atoms with Crippen molar-refractivity contribution in [2.75, 3.05) is 30.0 Å². The monoisotopic (exact) mass is 442 g/mol. The van der Waals surface area contributed by atoms with Crippen LogP contribution in [0.25, 0.3) is 0 Å². The summed E-state index contributed by atoms with van der Waals surface area (Å²) in [5.41, 5.74) is 5.59. The highest BCUT2D eigenvalue weighted by Crippen LogP contribution is 2.38. The van der Waals surface area contributed by atoms with Crippen LogP contribution in [-0.2, 0) is 4.79 Å². The van der Waals surface area contributed by atoms with E-state index in [2.05, 4.69) is 26.0 Å². The maximum atomic E-state index is 13.7. The molecule has 0 unspecified atom stereocenters. The van der Waals surface area contributed by atoms with Gasteiger partial charge in [0.05, 0.1) is 13.0 Å². The molecule has 5 nitrogen and oxygen atoms in total. The van der Waals surface area contributed by atoms with E-state index in [0.29, 0.717) is 30.8 Å². The van der Waals surface area contributed by atoms with Crippen molar-refractivity contribution in [3.63, 3.8) is 0 Å². The molecule has 1 aliphatic heterocycles. The molecule has 33 heavy (non-hydrogen) atoms. The first kappa shape index (κ1) is 22.6. The minimum atomic E-state index is -0.289. The van der Waals surface area contributed by atoms with E-state index in [1.165, 1.54) is 11.1 Å².